The number of nitro groups is 1. The Labute approximate surface area is 114 Å². The molecule has 0 aromatic heterocycles. The van der Waals surface area contributed by atoms with Crippen LogP contribution in [0.25, 0.3) is 0 Å². The van der Waals surface area contributed by atoms with E-state index in [-0.39, 0.29) is 22.6 Å². The lowest BCUT2D eigenvalue weighted by Gasteiger charge is -2.11. The summed E-state index contributed by atoms with van der Waals surface area (Å²) in [6, 6.07) is 3.24. The average molecular weight is 285 g/mol. The van der Waals surface area contributed by atoms with E-state index in [1.165, 1.54) is 6.07 Å². The molecule has 0 aliphatic heterocycles. The lowest BCUT2D eigenvalue weighted by atomic mass is 10.2. The van der Waals surface area contributed by atoms with Crippen molar-refractivity contribution in [3.63, 3.8) is 0 Å². The van der Waals surface area contributed by atoms with Gasteiger partial charge in [-0.15, -0.1) is 0 Å². The molecule has 0 aliphatic rings. The second kappa shape index (κ2) is 6.19. The fraction of sp³-hybridized carbons (Fsp3) is 0.273. The van der Waals surface area contributed by atoms with Crippen molar-refractivity contribution in [1.29, 1.82) is 0 Å². The highest BCUT2D eigenvalue weighted by molar-refractivity contribution is 7.80. The van der Waals surface area contributed by atoms with E-state index in [0.29, 0.717) is 0 Å². The number of carbonyl (C=O) groups excluding carboxylic acids is 1. The smallest absolute Gasteiger partial charge is 0.306 e. The van der Waals surface area contributed by atoms with E-state index in [1.54, 1.807) is 13.8 Å². The van der Waals surface area contributed by atoms with Crippen LogP contribution in [-0.2, 0) is 4.79 Å². The van der Waals surface area contributed by atoms with Crippen molar-refractivity contribution in [1.82, 2.24) is 5.32 Å². The number of nitrogens with one attached hydrogen (secondary N) is 2. The molecular formula is C11H12FN3O3S. The maximum atomic E-state index is 13.1. The molecule has 0 atom stereocenters. The molecular weight excluding hydrogens is 273 g/mol. The Morgan fingerprint density at radius 3 is 2.63 bits per heavy atom. The van der Waals surface area contributed by atoms with Gasteiger partial charge < -0.3 is 10.6 Å². The van der Waals surface area contributed by atoms with E-state index >= 15 is 0 Å². The average Bonchev–Trinajstić information content (AvgIpc) is 2.30. The Morgan fingerprint density at radius 1 is 1.47 bits per heavy atom. The zero-order valence-electron chi connectivity index (χ0n) is 10.3. The van der Waals surface area contributed by atoms with Crippen LogP contribution in [0.15, 0.2) is 18.2 Å². The molecule has 102 valence electrons. The number of hydrogen-bond donors (Lipinski definition) is 2. The summed E-state index contributed by atoms with van der Waals surface area (Å²) in [5.74, 6) is -1.47. The van der Waals surface area contributed by atoms with Gasteiger partial charge in [-0.2, -0.15) is 4.39 Å². The fourth-order valence-corrected chi connectivity index (χ4v) is 1.37. The van der Waals surface area contributed by atoms with Crippen molar-refractivity contribution in [2.24, 2.45) is 5.92 Å². The summed E-state index contributed by atoms with van der Waals surface area (Å²) in [4.78, 5) is 21.1. The minimum absolute atomic E-state index is 0.000365. The van der Waals surface area contributed by atoms with Gasteiger partial charge in [0.25, 0.3) is 0 Å². The molecule has 1 aromatic rings. The quantitative estimate of drug-likeness (QED) is 0.505. The summed E-state index contributed by atoms with van der Waals surface area (Å²) in [6.07, 6.45) is 0. The second-order valence-corrected chi connectivity index (χ2v) is 4.43. The van der Waals surface area contributed by atoms with Gasteiger partial charge in [0.15, 0.2) is 5.11 Å². The maximum absolute atomic E-state index is 13.1. The van der Waals surface area contributed by atoms with Gasteiger partial charge in [-0.25, -0.2) is 0 Å². The summed E-state index contributed by atoms with van der Waals surface area (Å²) in [6.45, 7) is 3.39. The van der Waals surface area contributed by atoms with Crippen LogP contribution in [0, 0.1) is 21.8 Å². The Morgan fingerprint density at radius 2 is 2.11 bits per heavy atom. The minimum atomic E-state index is -0.937. The van der Waals surface area contributed by atoms with Gasteiger partial charge in [-0.3, -0.25) is 14.9 Å². The highest BCUT2D eigenvalue weighted by Gasteiger charge is 2.15. The summed E-state index contributed by atoms with van der Waals surface area (Å²) < 4.78 is 13.1. The molecule has 0 heterocycles. The Hall–Kier alpha value is -2.09. The zero-order chi connectivity index (χ0) is 14.6. The van der Waals surface area contributed by atoms with E-state index in [9.17, 15) is 19.3 Å². The van der Waals surface area contributed by atoms with Crippen LogP contribution in [0.4, 0.5) is 15.8 Å². The topological polar surface area (TPSA) is 84.3 Å². The first kappa shape index (κ1) is 15.0. The number of nitrogens with zero attached hydrogens (tertiary/aromatic N) is 1. The van der Waals surface area contributed by atoms with Gasteiger partial charge in [0, 0.05) is 17.7 Å². The molecule has 0 bridgehead atoms. The van der Waals surface area contributed by atoms with Crippen LogP contribution in [0.3, 0.4) is 0 Å². The monoisotopic (exact) mass is 285 g/mol. The predicted molar refractivity (Wildman–Crippen MR) is 72.3 cm³/mol. The number of hydrogen-bond acceptors (Lipinski definition) is 4. The third kappa shape index (κ3) is 4.25. The molecule has 0 radical (unpaired) electrons. The van der Waals surface area contributed by atoms with E-state index in [0.717, 1.165) is 12.1 Å². The molecule has 0 aliphatic carbocycles. The van der Waals surface area contributed by atoms with E-state index in [1.807, 2.05) is 0 Å². The Bertz CT molecular complexity index is 534. The maximum Gasteiger partial charge on any atom is 0.306 e. The van der Waals surface area contributed by atoms with Crippen LogP contribution < -0.4 is 10.6 Å². The highest BCUT2D eigenvalue weighted by Crippen LogP contribution is 2.21. The molecule has 2 N–H and O–H groups in total. The second-order valence-electron chi connectivity index (χ2n) is 4.02. The summed E-state index contributed by atoms with van der Waals surface area (Å²) in [7, 11) is 0. The molecule has 1 rings (SSSR count). The van der Waals surface area contributed by atoms with Crippen molar-refractivity contribution in [3.8, 4) is 0 Å². The number of rotatable bonds is 3. The van der Waals surface area contributed by atoms with E-state index in [4.69, 9.17) is 12.2 Å². The molecule has 8 heteroatoms. The van der Waals surface area contributed by atoms with Gasteiger partial charge in [0.2, 0.25) is 11.7 Å². The van der Waals surface area contributed by atoms with Gasteiger partial charge in [0.05, 0.1) is 4.92 Å². The zero-order valence-corrected chi connectivity index (χ0v) is 11.1. The first-order valence-corrected chi connectivity index (χ1v) is 5.78. The van der Waals surface area contributed by atoms with Crippen LogP contribution in [0.2, 0.25) is 0 Å². The molecule has 0 saturated carbocycles. The molecule has 1 amide bonds. The lowest BCUT2D eigenvalue weighted by Crippen LogP contribution is -2.36. The molecule has 0 unspecified atom stereocenters. The molecule has 6 nitrogen and oxygen atoms in total. The molecule has 19 heavy (non-hydrogen) atoms. The van der Waals surface area contributed by atoms with Crippen LogP contribution in [0.1, 0.15) is 13.8 Å². The van der Waals surface area contributed by atoms with E-state index < -0.39 is 16.4 Å². The molecule has 0 fully saturated rings. The van der Waals surface area contributed by atoms with Gasteiger partial charge in [0.1, 0.15) is 0 Å². The Balaban J connectivity index is 2.78. The fourth-order valence-electron chi connectivity index (χ4n) is 1.15. The summed E-state index contributed by atoms with van der Waals surface area (Å²) in [5.41, 5.74) is -0.440. The van der Waals surface area contributed by atoms with Crippen molar-refractivity contribution >= 4 is 34.6 Å². The standard InChI is InChI=1S/C11H12FN3O3S/c1-6(2)10(16)14-11(19)13-7-3-4-8(12)9(5-7)15(17)18/h3-6H,1-2H3,(H2,13,14,16,19). The number of benzene rings is 1. The lowest BCUT2D eigenvalue weighted by molar-refractivity contribution is -0.387. The van der Waals surface area contributed by atoms with Gasteiger partial charge in [-0.05, 0) is 24.4 Å². The first-order chi connectivity index (χ1) is 8.81. The number of amides is 1. The first-order valence-electron chi connectivity index (χ1n) is 5.37. The molecule has 1 aromatic carbocycles. The SMILES string of the molecule is CC(C)C(=O)NC(=S)Nc1ccc(F)c([N+](=O)[O-])c1. The normalized spacial score (nSPS) is 10.1. The van der Waals surface area contributed by atoms with Crippen molar-refractivity contribution in [2.75, 3.05) is 5.32 Å². The number of thiocarbonyl (C=S) groups is 1. The largest absolute Gasteiger partial charge is 0.332 e. The molecule has 0 spiro atoms. The third-order valence-corrected chi connectivity index (χ3v) is 2.37. The van der Waals surface area contributed by atoms with Crippen molar-refractivity contribution < 1.29 is 14.1 Å². The van der Waals surface area contributed by atoms with E-state index in [2.05, 4.69) is 10.6 Å². The van der Waals surface area contributed by atoms with Gasteiger partial charge >= 0.3 is 5.69 Å². The van der Waals surface area contributed by atoms with Gasteiger partial charge in [-0.1, -0.05) is 13.8 Å². The van der Waals surface area contributed by atoms with Crippen molar-refractivity contribution in [3.05, 3.63) is 34.1 Å². The number of anilines is 1. The third-order valence-electron chi connectivity index (χ3n) is 2.16. The van der Waals surface area contributed by atoms with Crippen LogP contribution >= 0.6 is 12.2 Å². The summed E-state index contributed by atoms with van der Waals surface area (Å²) in [5, 5.41) is 15.5. The molecule has 0 saturated heterocycles. The highest BCUT2D eigenvalue weighted by atomic mass is 32.1. The predicted octanol–water partition coefficient (Wildman–Crippen LogP) is 2.20. The van der Waals surface area contributed by atoms with Crippen LogP contribution in [-0.4, -0.2) is 15.9 Å². The minimum Gasteiger partial charge on any atom is -0.332 e. The summed E-state index contributed by atoms with van der Waals surface area (Å²) >= 11 is 4.87. The number of carbonyl (C=O) groups is 1. The number of nitro benzene ring substituents is 1. The Kier molecular flexibility index (Phi) is 4.87. The van der Waals surface area contributed by atoms with Crippen molar-refractivity contribution in [2.45, 2.75) is 13.8 Å². The van der Waals surface area contributed by atoms with Crippen LogP contribution in [0.5, 0.6) is 0 Å². The number of halogens is 1.